The van der Waals surface area contributed by atoms with E-state index >= 15 is 0 Å². The molecule has 54 heavy (non-hydrogen) atoms. The molecule has 0 fully saturated rings. The van der Waals surface area contributed by atoms with Crippen molar-refractivity contribution in [2.75, 3.05) is 13.2 Å². The summed E-state index contributed by atoms with van der Waals surface area (Å²) >= 11 is 0. The number of hydrogen-bond donors (Lipinski definition) is 2. The minimum Gasteiger partial charge on any atom is -0.462 e. The molecule has 0 saturated carbocycles. The van der Waals surface area contributed by atoms with Crippen molar-refractivity contribution in [3.05, 3.63) is 60.8 Å². The number of carbonyl (C=O) groups is 2. The van der Waals surface area contributed by atoms with Gasteiger partial charge in [-0.3, -0.25) is 14.1 Å². The Kier molecular flexibility index (Phi) is 38.7. The van der Waals surface area contributed by atoms with Crippen LogP contribution in [0.15, 0.2) is 60.8 Å². The Morgan fingerprint density at radius 2 is 0.889 bits per heavy atom. The lowest BCUT2D eigenvalue weighted by molar-refractivity contribution is -0.161. The van der Waals surface area contributed by atoms with Crippen LogP contribution in [0, 0.1) is 0 Å². The van der Waals surface area contributed by atoms with Gasteiger partial charge in [-0.15, -0.1) is 0 Å². The molecule has 0 aromatic heterocycles. The molecule has 0 aliphatic heterocycles. The second kappa shape index (κ2) is 40.4. The standard InChI is InChI=1S/C45H79O8P/c1-3-5-7-9-11-13-15-17-19-21-22-24-25-27-29-31-33-35-37-39-44(46)51-41-43(42-52-54(48,49)50)53-45(47)40-38-36-34-32-30-28-26-23-20-18-16-14-12-10-8-6-4-2/h6,8,12,14,18,20,26,28,32,34,43H,3-5,7,9-11,13,15-17,19,21-25,27,29-31,33,35-42H2,1-2H3,(H2,48,49,50)/b8-6-,14-12-,20-18-,28-26-,34-32-/t43-/m1/s1. The number of esters is 2. The predicted molar refractivity (Wildman–Crippen MR) is 225 cm³/mol. The van der Waals surface area contributed by atoms with E-state index in [0.29, 0.717) is 12.8 Å². The maximum atomic E-state index is 12.4. The van der Waals surface area contributed by atoms with Gasteiger partial charge in [0.1, 0.15) is 6.61 Å². The summed E-state index contributed by atoms with van der Waals surface area (Å²) in [6, 6.07) is 0. The Labute approximate surface area is 330 Å². The van der Waals surface area contributed by atoms with Crippen molar-refractivity contribution >= 4 is 19.8 Å². The van der Waals surface area contributed by atoms with Gasteiger partial charge in [0.25, 0.3) is 0 Å². The predicted octanol–water partition coefficient (Wildman–Crippen LogP) is 13.3. The van der Waals surface area contributed by atoms with Gasteiger partial charge in [-0.1, -0.05) is 190 Å². The summed E-state index contributed by atoms with van der Waals surface area (Å²) < 4.78 is 26.4. The molecule has 2 N–H and O–H groups in total. The van der Waals surface area contributed by atoms with Crippen LogP contribution in [0.4, 0.5) is 0 Å². The average molecular weight is 779 g/mol. The van der Waals surface area contributed by atoms with Crippen LogP contribution in [0.2, 0.25) is 0 Å². The first-order chi connectivity index (χ1) is 26.3. The van der Waals surface area contributed by atoms with E-state index in [1.165, 1.54) is 103 Å². The van der Waals surface area contributed by atoms with Gasteiger partial charge < -0.3 is 19.3 Å². The summed E-state index contributed by atoms with van der Waals surface area (Å²) in [5, 5.41) is 0. The maximum absolute atomic E-state index is 12.4. The zero-order valence-corrected chi connectivity index (χ0v) is 35.2. The third kappa shape index (κ3) is 42.5. The summed E-state index contributed by atoms with van der Waals surface area (Å²) in [6.07, 6.45) is 51.0. The van der Waals surface area contributed by atoms with E-state index < -0.39 is 32.5 Å². The van der Waals surface area contributed by atoms with E-state index in [4.69, 9.17) is 19.3 Å². The van der Waals surface area contributed by atoms with Crippen LogP contribution < -0.4 is 0 Å². The molecular weight excluding hydrogens is 699 g/mol. The van der Waals surface area contributed by atoms with Crippen molar-refractivity contribution in [1.29, 1.82) is 0 Å². The first kappa shape index (κ1) is 51.8. The summed E-state index contributed by atoms with van der Waals surface area (Å²) in [4.78, 5) is 42.9. The first-order valence-corrected chi connectivity index (χ1v) is 23.1. The van der Waals surface area contributed by atoms with Crippen LogP contribution in [0.5, 0.6) is 0 Å². The molecule has 0 spiro atoms. The number of phosphoric ester groups is 1. The van der Waals surface area contributed by atoms with Gasteiger partial charge in [-0.2, -0.15) is 0 Å². The molecule has 0 aliphatic carbocycles. The lowest BCUT2D eigenvalue weighted by Crippen LogP contribution is -2.29. The fourth-order valence-electron chi connectivity index (χ4n) is 5.88. The number of hydrogen-bond acceptors (Lipinski definition) is 6. The second-order valence-electron chi connectivity index (χ2n) is 14.3. The van der Waals surface area contributed by atoms with Crippen LogP contribution in [0.25, 0.3) is 0 Å². The van der Waals surface area contributed by atoms with Crippen LogP contribution >= 0.6 is 7.82 Å². The highest BCUT2D eigenvalue weighted by Crippen LogP contribution is 2.36. The maximum Gasteiger partial charge on any atom is 0.469 e. The zero-order valence-electron chi connectivity index (χ0n) is 34.4. The SMILES string of the molecule is CC/C=C\C/C=C\C/C=C\C/C=C\C/C=C\CCCC(=O)O[C@H](COC(=O)CCCCCCCCCCCCCCCCCCCCC)COP(=O)(O)O. The molecule has 0 aromatic carbocycles. The topological polar surface area (TPSA) is 119 Å². The number of ether oxygens (including phenoxy) is 2. The number of phosphoric acid groups is 1. The van der Waals surface area contributed by atoms with Gasteiger partial charge in [0.2, 0.25) is 0 Å². The highest BCUT2D eigenvalue weighted by atomic mass is 31.2. The molecule has 0 amide bonds. The number of allylic oxidation sites excluding steroid dienone is 10. The first-order valence-electron chi connectivity index (χ1n) is 21.6. The molecule has 0 unspecified atom stereocenters. The highest BCUT2D eigenvalue weighted by Gasteiger charge is 2.22. The van der Waals surface area contributed by atoms with Gasteiger partial charge in [0.05, 0.1) is 6.61 Å². The monoisotopic (exact) mass is 779 g/mol. The minimum atomic E-state index is -4.77. The number of unbranched alkanes of at least 4 members (excludes halogenated alkanes) is 19. The van der Waals surface area contributed by atoms with Crippen LogP contribution in [-0.2, 0) is 28.2 Å². The third-order valence-corrected chi connectivity index (χ3v) is 9.54. The van der Waals surface area contributed by atoms with Crippen LogP contribution in [0.3, 0.4) is 0 Å². The fourth-order valence-corrected chi connectivity index (χ4v) is 6.24. The molecule has 0 heterocycles. The Bertz CT molecular complexity index is 1060. The van der Waals surface area contributed by atoms with E-state index in [-0.39, 0.29) is 19.4 Å². The lowest BCUT2D eigenvalue weighted by atomic mass is 10.0. The molecule has 1 atom stereocenters. The largest absolute Gasteiger partial charge is 0.469 e. The molecule has 0 aliphatic rings. The molecule has 9 heteroatoms. The van der Waals surface area contributed by atoms with Crippen molar-refractivity contribution < 1.29 is 37.9 Å². The molecule has 0 radical (unpaired) electrons. The number of carbonyl (C=O) groups excluding carboxylic acids is 2. The van der Waals surface area contributed by atoms with E-state index in [1.807, 2.05) is 6.08 Å². The second-order valence-corrected chi connectivity index (χ2v) is 15.5. The number of rotatable bonds is 39. The van der Waals surface area contributed by atoms with Gasteiger partial charge in [0, 0.05) is 12.8 Å². The van der Waals surface area contributed by atoms with Gasteiger partial charge >= 0.3 is 19.8 Å². The molecule has 312 valence electrons. The Hall–Kier alpha value is -2.25. The summed E-state index contributed by atoms with van der Waals surface area (Å²) in [5.74, 6) is -0.950. The lowest BCUT2D eigenvalue weighted by Gasteiger charge is -2.18. The fraction of sp³-hybridized carbons (Fsp3) is 0.733. The van der Waals surface area contributed by atoms with E-state index in [1.54, 1.807) is 0 Å². The molecular formula is C45H79O8P. The van der Waals surface area contributed by atoms with Crippen molar-refractivity contribution in [1.82, 2.24) is 0 Å². The van der Waals surface area contributed by atoms with E-state index in [2.05, 4.69) is 73.1 Å². The van der Waals surface area contributed by atoms with Gasteiger partial charge in [0.15, 0.2) is 6.10 Å². The summed E-state index contributed by atoms with van der Waals surface area (Å²) in [6.45, 7) is 3.54. The molecule has 0 saturated heterocycles. The summed E-state index contributed by atoms with van der Waals surface area (Å²) in [7, 11) is -4.77. The quantitative estimate of drug-likeness (QED) is 0.0274. The molecule has 0 aromatic rings. The highest BCUT2D eigenvalue weighted by molar-refractivity contribution is 7.46. The Balaban J connectivity index is 3.97. The van der Waals surface area contributed by atoms with Gasteiger partial charge in [-0.25, -0.2) is 4.57 Å². The molecule has 0 bridgehead atoms. The average Bonchev–Trinajstić information content (AvgIpc) is 3.14. The van der Waals surface area contributed by atoms with Crippen molar-refractivity contribution in [3.8, 4) is 0 Å². The van der Waals surface area contributed by atoms with E-state index in [0.717, 1.165) is 51.4 Å². The zero-order chi connectivity index (χ0) is 39.6. The Morgan fingerprint density at radius 3 is 1.31 bits per heavy atom. The smallest absolute Gasteiger partial charge is 0.462 e. The van der Waals surface area contributed by atoms with Crippen molar-refractivity contribution in [2.24, 2.45) is 0 Å². The van der Waals surface area contributed by atoms with Crippen molar-refractivity contribution in [3.63, 3.8) is 0 Å². The van der Waals surface area contributed by atoms with Gasteiger partial charge in [-0.05, 0) is 51.4 Å². The van der Waals surface area contributed by atoms with E-state index in [9.17, 15) is 14.2 Å². The van der Waals surface area contributed by atoms with Crippen molar-refractivity contribution in [2.45, 2.75) is 200 Å². The van der Waals surface area contributed by atoms with Crippen LogP contribution in [-0.4, -0.2) is 41.0 Å². The minimum absolute atomic E-state index is 0.133. The molecule has 0 rings (SSSR count). The molecule has 8 nitrogen and oxygen atoms in total. The normalized spacial score (nSPS) is 13.0. The Morgan fingerprint density at radius 1 is 0.500 bits per heavy atom. The van der Waals surface area contributed by atoms with Crippen LogP contribution in [0.1, 0.15) is 194 Å². The summed E-state index contributed by atoms with van der Waals surface area (Å²) in [5.41, 5.74) is 0. The third-order valence-electron chi connectivity index (χ3n) is 9.05.